The molecule has 0 atom stereocenters. The van der Waals surface area contributed by atoms with E-state index in [1.54, 1.807) is 24.3 Å². The van der Waals surface area contributed by atoms with Crippen molar-refractivity contribution in [2.24, 2.45) is 0 Å². The van der Waals surface area contributed by atoms with Crippen LogP contribution in [0.25, 0.3) is 6.08 Å². The zero-order chi connectivity index (χ0) is 25.0. The van der Waals surface area contributed by atoms with Crippen LogP contribution >= 0.6 is 46.4 Å². The number of hydrogen-bond acceptors (Lipinski definition) is 5. The third-order valence-corrected chi connectivity index (χ3v) is 6.83. The average molecular weight is 556 g/mol. The predicted octanol–water partition coefficient (Wildman–Crippen LogP) is 6.92. The molecule has 0 aromatic heterocycles. The molecule has 0 aliphatic carbocycles. The summed E-state index contributed by atoms with van der Waals surface area (Å²) in [6, 6.07) is 15.1. The van der Waals surface area contributed by atoms with E-state index in [1.807, 2.05) is 6.92 Å². The summed E-state index contributed by atoms with van der Waals surface area (Å²) in [5.74, 6) is -1.06. The maximum atomic E-state index is 12.6. The number of benzene rings is 3. The molecule has 0 saturated carbocycles. The van der Waals surface area contributed by atoms with Crippen LogP contribution in [0.3, 0.4) is 0 Å². The molecule has 0 bridgehead atoms. The van der Waals surface area contributed by atoms with Crippen molar-refractivity contribution in [3.63, 3.8) is 0 Å². The summed E-state index contributed by atoms with van der Waals surface area (Å²) >= 11 is 24.5. The van der Waals surface area contributed by atoms with Crippen LogP contribution in [-0.4, -0.2) is 14.3 Å². The Balaban J connectivity index is 1.89. The number of para-hydroxylation sites is 1. The molecule has 1 N–H and O–H groups in total. The number of hydrogen-bond donors (Lipinski definition) is 1. The molecule has 6 nitrogen and oxygen atoms in total. The van der Waals surface area contributed by atoms with Crippen LogP contribution in [-0.2, 0) is 14.9 Å². The number of carbonyl (C=O) groups is 1. The molecule has 3 aromatic rings. The summed E-state index contributed by atoms with van der Waals surface area (Å²) in [6.07, 6.45) is 1.22. The molecule has 11 heteroatoms. The first-order valence-corrected chi connectivity index (χ1v) is 12.3. The quantitative estimate of drug-likeness (QED) is 0.202. The SMILES string of the molecule is Cc1ccc(S(=O)(=O)Oc2c(Cl)cc(/C=C(\C#N)C(=O)Nc3c(Cl)cccc3Cl)cc2Cl)cc1. The molecule has 174 valence electrons. The summed E-state index contributed by atoms with van der Waals surface area (Å²) in [4.78, 5) is 12.5. The highest BCUT2D eigenvalue weighted by molar-refractivity contribution is 7.87. The third kappa shape index (κ3) is 6.03. The molecule has 34 heavy (non-hydrogen) atoms. The molecule has 0 aliphatic heterocycles. The van der Waals surface area contributed by atoms with Crippen LogP contribution in [0.1, 0.15) is 11.1 Å². The van der Waals surface area contributed by atoms with E-state index in [0.717, 1.165) is 5.56 Å². The first-order chi connectivity index (χ1) is 16.0. The molecule has 0 fully saturated rings. The van der Waals surface area contributed by atoms with Crippen molar-refractivity contribution < 1.29 is 17.4 Å². The highest BCUT2D eigenvalue weighted by Gasteiger charge is 2.21. The fourth-order valence-electron chi connectivity index (χ4n) is 2.72. The van der Waals surface area contributed by atoms with Gasteiger partial charge in [-0.1, -0.05) is 70.2 Å². The van der Waals surface area contributed by atoms with Gasteiger partial charge in [0.05, 0.1) is 25.8 Å². The van der Waals surface area contributed by atoms with Crippen molar-refractivity contribution in [3.05, 3.63) is 91.4 Å². The number of anilines is 1. The molecule has 0 aliphatic rings. The van der Waals surface area contributed by atoms with Gasteiger partial charge in [0, 0.05) is 0 Å². The molecule has 3 rings (SSSR count). The Bertz CT molecular complexity index is 1400. The Morgan fingerprint density at radius 1 is 0.971 bits per heavy atom. The lowest BCUT2D eigenvalue weighted by molar-refractivity contribution is -0.112. The zero-order valence-corrected chi connectivity index (χ0v) is 21.1. The van der Waals surface area contributed by atoms with Gasteiger partial charge in [0.1, 0.15) is 16.5 Å². The van der Waals surface area contributed by atoms with Crippen molar-refractivity contribution >= 4 is 74.2 Å². The van der Waals surface area contributed by atoms with Gasteiger partial charge in [-0.15, -0.1) is 0 Å². The number of aryl methyl sites for hydroxylation is 1. The number of nitrogens with zero attached hydrogens (tertiary/aromatic N) is 1. The van der Waals surface area contributed by atoms with E-state index < -0.39 is 16.0 Å². The first-order valence-electron chi connectivity index (χ1n) is 9.39. The highest BCUT2D eigenvalue weighted by Crippen LogP contribution is 2.37. The zero-order valence-electron chi connectivity index (χ0n) is 17.3. The largest absolute Gasteiger partial charge is 0.376 e. The predicted molar refractivity (Wildman–Crippen MR) is 134 cm³/mol. The van der Waals surface area contributed by atoms with E-state index in [1.165, 1.54) is 42.5 Å². The number of nitrogens with one attached hydrogen (secondary N) is 1. The van der Waals surface area contributed by atoms with Gasteiger partial charge in [0.25, 0.3) is 5.91 Å². The lowest BCUT2D eigenvalue weighted by Crippen LogP contribution is -2.14. The molecule has 0 unspecified atom stereocenters. The molecule has 0 radical (unpaired) electrons. The van der Waals surface area contributed by atoms with Gasteiger partial charge in [0.2, 0.25) is 0 Å². The van der Waals surface area contributed by atoms with E-state index in [4.69, 9.17) is 50.6 Å². The van der Waals surface area contributed by atoms with Crippen molar-refractivity contribution in [1.82, 2.24) is 0 Å². The van der Waals surface area contributed by atoms with E-state index in [2.05, 4.69) is 5.32 Å². The van der Waals surface area contributed by atoms with Gasteiger partial charge in [-0.25, -0.2) is 0 Å². The Morgan fingerprint density at radius 2 is 1.53 bits per heavy atom. The second-order valence-electron chi connectivity index (χ2n) is 6.88. The molecule has 0 heterocycles. The van der Waals surface area contributed by atoms with Crippen molar-refractivity contribution in [1.29, 1.82) is 5.26 Å². The van der Waals surface area contributed by atoms with Crippen molar-refractivity contribution in [2.45, 2.75) is 11.8 Å². The number of amides is 1. The van der Waals surface area contributed by atoms with Crippen LogP contribution < -0.4 is 9.50 Å². The minimum atomic E-state index is -4.20. The van der Waals surface area contributed by atoms with Gasteiger partial charge in [0.15, 0.2) is 5.75 Å². The molecule has 0 spiro atoms. The molecule has 3 aromatic carbocycles. The second-order valence-corrected chi connectivity index (χ2v) is 10.1. The van der Waals surface area contributed by atoms with E-state index in [9.17, 15) is 18.5 Å². The van der Waals surface area contributed by atoms with Crippen molar-refractivity contribution in [2.75, 3.05) is 5.32 Å². The lowest BCUT2D eigenvalue weighted by atomic mass is 10.1. The van der Waals surface area contributed by atoms with Gasteiger partial charge in [-0.2, -0.15) is 13.7 Å². The lowest BCUT2D eigenvalue weighted by Gasteiger charge is -2.12. The van der Waals surface area contributed by atoms with Crippen LogP contribution in [0.4, 0.5) is 5.69 Å². The molecular formula is C23H14Cl4N2O4S. The molecule has 0 saturated heterocycles. The number of nitriles is 1. The smallest absolute Gasteiger partial charge is 0.339 e. The Labute approximate surface area is 216 Å². The monoisotopic (exact) mass is 554 g/mol. The number of rotatable bonds is 6. The second kappa shape index (κ2) is 10.7. The molecular weight excluding hydrogens is 542 g/mol. The fourth-order valence-corrected chi connectivity index (χ4v) is 4.85. The van der Waals surface area contributed by atoms with Crippen LogP contribution in [0.15, 0.2) is 65.1 Å². The normalized spacial score (nSPS) is 11.6. The van der Waals surface area contributed by atoms with Gasteiger partial charge in [-0.05, 0) is 55.0 Å². The van der Waals surface area contributed by atoms with E-state index in [0.29, 0.717) is 0 Å². The number of halogens is 4. The van der Waals surface area contributed by atoms with Gasteiger partial charge >= 0.3 is 10.1 Å². The van der Waals surface area contributed by atoms with Crippen LogP contribution in [0.2, 0.25) is 20.1 Å². The van der Waals surface area contributed by atoms with Gasteiger partial charge < -0.3 is 9.50 Å². The van der Waals surface area contributed by atoms with Crippen LogP contribution in [0.5, 0.6) is 5.75 Å². The number of carbonyl (C=O) groups excluding carboxylic acids is 1. The first kappa shape index (κ1) is 25.9. The summed E-state index contributed by atoms with van der Waals surface area (Å²) in [5, 5.41) is 12.0. The minimum Gasteiger partial charge on any atom is -0.376 e. The topological polar surface area (TPSA) is 96.3 Å². The summed E-state index contributed by atoms with van der Waals surface area (Å²) < 4.78 is 30.3. The minimum absolute atomic E-state index is 0.0733. The summed E-state index contributed by atoms with van der Waals surface area (Å²) in [7, 11) is -4.20. The highest BCUT2D eigenvalue weighted by atomic mass is 35.5. The Hall–Kier alpha value is -2.73. The third-order valence-electron chi connectivity index (χ3n) is 4.40. The Kier molecular flexibility index (Phi) is 8.13. The summed E-state index contributed by atoms with van der Waals surface area (Å²) in [6.45, 7) is 1.82. The summed E-state index contributed by atoms with van der Waals surface area (Å²) in [5.41, 5.74) is 0.981. The van der Waals surface area contributed by atoms with E-state index >= 15 is 0 Å². The standard InChI is InChI=1S/C23H14Cl4N2O4S/c1-13-5-7-16(8-6-13)34(31,32)33-22-19(26)10-14(11-20(22)27)9-15(12-28)23(30)29-21-17(24)3-2-4-18(21)25/h2-11H,1H3,(H,29,30)/b15-9+. The van der Waals surface area contributed by atoms with Crippen LogP contribution in [0, 0.1) is 18.3 Å². The van der Waals surface area contributed by atoms with E-state index in [-0.39, 0.29) is 47.6 Å². The maximum absolute atomic E-state index is 12.6. The molecule has 1 amide bonds. The maximum Gasteiger partial charge on any atom is 0.339 e. The van der Waals surface area contributed by atoms with Gasteiger partial charge in [-0.3, -0.25) is 4.79 Å². The average Bonchev–Trinajstić information content (AvgIpc) is 2.77. The van der Waals surface area contributed by atoms with Crippen molar-refractivity contribution in [3.8, 4) is 11.8 Å². The fraction of sp³-hybridized carbons (Fsp3) is 0.0435. The Morgan fingerprint density at radius 3 is 2.06 bits per heavy atom.